The molecular formula is C20H24ClN5O3S. The first-order chi connectivity index (χ1) is 14.4. The molecule has 3 rings (SSSR count). The van der Waals surface area contributed by atoms with Gasteiger partial charge >= 0.3 is 0 Å². The number of carbonyl (C=O) groups excluding carboxylic acids is 3. The van der Waals surface area contributed by atoms with Gasteiger partial charge in [-0.05, 0) is 38.4 Å². The van der Waals surface area contributed by atoms with E-state index in [0.29, 0.717) is 47.6 Å². The fraction of sp³-hybridized carbons (Fsp3) is 0.400. The number of anilines is 1. The Balaban J connectivity index is 1.61. The average molecular weight is 450 g/mol. The molecule has 1 aliphatic rings. The molecule has 1 fully saturated rings. The van der Waals surface area contributed by atoms with Crippen molar-refractivity contribution in [2.75, 3.05) is 45.6 Å². The van der Waals surface area contributed by atoms with Gasteiger partial charge < -0.3 is 14.7 Å². The first-order valence-corrected chi connectivity index (χ1v) is 10.8. The Morgan fingerprint density at radius 3 is 2.70 bits per heavy atom. The van der Waals surface area contributed by atoms with Crippen molar-refractivity contribution in [3.05, 3.63) is 45.9 Å². The summed E-state index contributed by atoms with van der Waals surface area (Å²) in [7, 11) is 3.89. The van der Waals surface area contributed by atoms with Gasteiger partial charge in [0.15, 0.2) is 5.13 Å². The van der Waals surface area contributed by atoms with Crippen LogP contribution in [-0.4, -0.2) is 84.2 Å². The zero-order valence-corrected chi connectivity index (χ0v) is 18.4. The fourth-order valence-electron chi connectivity index (χ4n) is 3.35. The fourth-order valence-corrected chi connectivity index (χ4v) is 4.19. The Bertz CT molecular complexity index is 902. The molecule has 160 valence electrons. The second kappa shape index (κ2) is 10.0. The maximum absolute atomic E-state index is 12.9. The molecule has 0 bridgehead atoms. The third-order valence-electron chi connectivity index (χ3n) is 4.77. The van der Waals surface area contributed by atoms with Crippen LogP contribution in [0.3, 0.4) is 0 Å². The smallest absolute Gasteiger partial charge is 0.257 e. The molecule has 2 aromatic rings. The van der Waals surface area contributed by atoms with Crippen molar-refractivity contribution < 1.29 is 14.4 Å². The van der Waals surface area contributed by atoms with Gasteiger partial charge in [-0.15, -0.1) is 11.3 Å². The molecule has 10 heteroatoms. The first-order valence-electron chi connectivity index (χ1n) is 9.50. The molecule has 1 aromatic carbocycles. The van der Waals surface area contributed by atoms with Crippen LogP contribution in [0, 0.1) is 0 Å². The molecule has 1 N–H and O–H groups in total. The zero-order chi connectivity index (χ0) is 21.7. The van der Waals surface area contributed by atoms with E-state index in [1.165, 1.54) is 11.3 Å². The molecule has 0 aliphatic carbocycles. The summed E-state index contributed by atoms with van der Waals surface area (Å²) in [6.07, 6.45) is 0.985. The lowest BCUT2D eigenvalue weighted by atomic mass is 10.1. The van der Waals surface area contributed by atoms with Crippen LogP contribution in [0.5, 0.6) is 0 Å². The highest BCUT2D eigenvalue weighted by molar-refractivity contribution is 7.14. The lowest BCUT2D eigenvalue weighted by Crippen LogP contribution is -2.58. The number of benzene rings is 1. The third kappa shape index (κ3) is 5.78. The molecular weight excluding hydrogens is 426 g/mol. The van der Waals surface area contributed by atoms with E-state index >= 15 is 0 Å². The highest BCUT2D eigenvalue weighted by Crippen LogP contribution is 2.19. The topological polar surface area (TPSA) is 85.9 Å². The number of aromatic nitrogens is 1. The summed E-state index contributed by atoms with van der Waals surface area (Å²) in [5.41, 5.74) is 1.09. The van der Waals surface area contributed by atoms with Gasteiger partial charge in [0.1, 0.15) is 0 Å². The normalized spacial score (nSPS) is 16.6. The highest BCUT2D eigenvalue weighted by atomic mass is 35.5. The number of piperazine rings is 1. The van der Waals surface area contributed by atoms with Gasteiger partial charge in [0.05, 0.1) is 18.2 Å². The Morgan fingerprint density at radius 1 is 1.30 bits per heavy atom. The second-order valence-electron chi connectivity index (χ2n) is 7.39. The zero-order valence-electron chi connectivity index (χ0n) is 16.9. The summed E-state index contributed by atoms with van der Waals surface area (Å²) in [6.45, 7) is 2.22. The summed E-state index contributed by atoms with van der Waals surface area (Å²) in [6, 6.07) is 6.52. The number of nitrogens with one attached hydrogen (secondary N) is 1. The third-order valence-corrected chi connectivity index (χ3v) is 5.83. The number of carbonyl (C=O) groups is 3. The molecule has 0 spiro atoms. The number of halogens is 1. The van der Waals surface area contributed by atoms with E-state index in [9.17, 15) is 14.4 Å². The second-order valence-corrected chi connectivity index (χ2v) is 8.68. The minimum absolute atomic E-state index is 0.0340. The number of nitrogens with zero attached hydrogens (tertiary/aromatic N) is 4. The Kier molecular flexibility index (Phi) is 7.41. The molecule has 2 heterocycles. The van der Waals surface area contributed by atoms with Crippen LogP contribution in [0.25, 0.3) is 0 Å². The molecule has 0 radical (unpaired) electrons. The van der Waals surface area contributed by atoms with Gasteiger partial charge in [-0.3, -0.25) is 19.7 Å². The van der Waals surface area contributed by atoms with E-state index in [4.69, 9.17) is 11.6 Å². The average Bonchev–Trinajstić information content (AvgIpc) is 3.14. The number of hydrogen-bond acceptors (Lipinski definition) is 6. The monoisotopic (exact) mass is 449 g/mol. The first kappa shape index (κ1) is 22.2. The molecule has 1 atom stereocenters. The van der Waals surface area contributed by atoms with E-state index in [1.54, 1.807) is 34.5 Å². The van der Waals surface area contributed by atoms with Gasteiger partial charge in [-0.1, -0.05) is 11.6 Å². The van der Waals surface area contributed by atoms with Crippen molar-refractivity contribution >= 4 is 46.3 Å². The van der Waals surface area contributed by atoms with E-state index in [0.717, 1.165) is 6.41 Å². The van der Waals surface area contributed by atoms with Crippen molar-refractivity contribution in [1.82, 2.24) is 19.7 Å². The largest absolute Gasteiger partial charge is 0.341 e. The maximum atomic E-state index is 12.9. The van der Waals surface area contributed by atoms with Crippen LogP contribution in [0.4, 0.5) is 5.13 Å². The predicted octanol–water partition coefficient (Wildman–Crippen LogP) is 1.82. The van der Waals surface area contributed by atoms with Crippen LogP contribution in [0.1, 0.15) is 16.1 Å². The van der Waals surface area contributed by atoms with Gasteiger partial charge in [-0.2, -0.15) is 0 Å². The van der Waals surface area contributed by atoms with Gasteiger partial charge in [-0.25, -0.2) is 4.98 Å². The van der Waals surface area contributed by atoms with Gasteiger partial charge in [0, 0.05) is 42.1 Å². The van der Waals surface area contributed by atoms with Crippen molar-refractivity contribution in [3.8, 4) is 0 Å². The van der Waals surface area contributed by atoms with E-state index in [-0.39, 0.29) is 24.3 Å². The van der Waals surface area contributed by atoms with Crippen molar-refractivity contribution in [1.29, 1.82) is 0 Å². The summed E-state index contributed by atoms with van der Waals surface area (Å²) < 4.78 is 0. The lowest BCUT2D eigenvalue weighted by Gasteiger charge is -2.41. The number of rotatable bonds is 7. The number of amides is 3. The van der Waals surface area contributed by atoms with Crippen LogP contribution in [0.2, 0.25) is 5.02 Å². The van der Waals surface area contributed by atoms with Gasteiger partial charge in [0.25, 0.3) is 5.91 Å². The van der Waals surface area contributed by atoms with Crippen molar-refractivity contribution in [3.63, 3.8) is 0 Å². The summed E-state index contributed by atoms with van der Waals surface area (Å²) in [4.78, 5) is 46.3. The Morgan fingerprint density at radius 2 is 2.03 bits per heavy atom. The molecule has 30 heavy (non-hydrogen) atoms. The van der Waals surface area contributed by atoms with Crippen molar-refractivity contribution in [2.45, 2.75) is 12.5 Å². The molecule has 1 saturated heterocycles. The van der Waals surface area contributed by atoms with Gasteiger partial charge in [0.2, 0.25) is 12.3 Å². The van der Waals surface area contributed by atoms with E-state index in [1.807, 2.05) is 23.9 Å². The molecule has 1 aliphatic heterocycles. The molecule has 1 aromatic heterocycles. The minimum atomic E-state index is -0.282. The molecule has 8 nitrogen and oxygen atoms in total. The molecule has 1 unspecified atom stereocenters. The molecule has 3 amide bonds. The number of hydrogen-bond donors (Lipinski definition) is 1. The Hall–Kier alpha value is -2.49. The molecule has 0 saturated carbocycles. The minimum Gasteiger partial charge on any atom is -0.341 e. The predicted molar refractivity (Wildman–Crippen MR) is 117 cm³/mol. The maximum Gasteiger partial charge on any atom is 0.257 e. The van der Waals surface area contributed by atoms with E-state index < -0.39 is 0 Å². The SMILES string of the molecule is CN(C)CC1CN(C=O)CCN1C(=O)Cc1csc(NC(=O)c2ccc(Cl)cc2)n1. The standard InChI is InChI=1S/C20H24ClN5O3S/c1-24(2)10-17-11-25(13-27)7-8-26(17)18(28)9-16-12-30-20(22-16)23-19(29)14-3-5-15(21)6-4-14/h3-6,12-13,17H,7-11H2,1-2H3,(H,22,23,29). The lowest BCUT2D eigenvalue weighted by molar-refractivity contribution is -0.138. The van der Waals surface area contributed by atoms with Crippen LogP contribution in [0.15, 0.2) is 29.6 Å². The van der Waals surface area contributed by atoms with Crippen LogP contribution in [-0.2, 0) is 16.0 Å². The summed E-state index contributed by atoms with van der Waals surface area (Å²) in [5, 5.41) is 5.52. The summed E-state index contributed by atoms with van der Waals surface area (Å²) in [5.74, 6) is -0.316. The van der Waals surface area contributed by atoms with Crippen molar-refractivity contribution in [2.24, 2.45) is 0 Å². The van der Waals surface area contributed by atoms with Crippen LogP contribution >= 0.6 is 22.9 Å². The number of thiazole rings is 1. The van der Waals surface area contributed by atoms with Crippen LogP contribution < -0.4 is 5.32 Å². The Labute approximate surface area is 184 Å². The summed E-state index contributed by atoms with van der Waals surface area (Å²) >= 11 is 7.12. The number of likely N-dealkylation sites (N-methyl/N-ethyl adjacent to an activating group) is 1. The highest BCUT2D eigenvalue weighted by Gasteiger charge is 2.30. The van der Waals surface area contributed by atoms with E-state index in [2.05, 4.69) is 10.3 Å². The quantitative estimate of drug-likeness (QED) is 0.652.